The van der Waals surface area contributed by atoms with E-state index in [1.807, 2.05) is 11.8 Å². The van der Waals surface area contributed by atoms with Gasteiger partial charge in [0, 0.05) is 15.2 Å². The molecule has 0 saturated carbocycles. The number of benzene rings is 9. The molecule has 0 atom stereocenters. The number of hydrogen-bond acceptors (Lipinski definition) is 1. The Bertz CT molecular complexity index is 2570. The molecule has 9 aromatic carbocycles. The smallest absolute Gasteiger partial charge is 0.0207 e. The van der Waals surface area contributed by atoms with Gasteiger partial charge >= 0.3 is 0 Å². The molecule has 0 amide bonds. The molecule has 198 valence electrons. The van der Waals surface area contributed by atoms with Crippen molar-refractivity contribution in [2.45, 2.75) is 9.79 Å². The molecule has 0 aromatic heterocycles. The summed E-state index contributed by atoms with van der Waals surface area (Å²) in [6.45, 7) is 0. The van der Waals surface area contributed by atoms with Gasteiger partial charge in [-0.05, 0) is 112 Å². The monoisotopic (exact) mass is 560 g/mol. The van der Waals surface area contributed by atoms with Crippen molar-refractivity contribution in [2.24, 2.45) is 0 Å². The summed E-state index contributed by atoms with van der Waals surface area (Å²) < 4.78 is 0. The Balaban J connectivity index is 1.08. The summed E-state index contributed by atoms with van der Waals surface area (Å²) in [6.07, 6.45) is 0. The second-order valence-electron chi connectivity index (χ2n) is 11.7. The van der Waals surface area contributed by atoms with E-state index in [0.717, 1.165) is 0 Å². The molecule has 0 bridgehead atoms. The fourth-order valence-corrected chi connectivity index (χ4v) is 8.45. The van der Waals surface area contributed by atoms with Gasteiger partial charge in [-0.15, -0.1) is 0 Å². The number of fused-ring (bicyclic) bond motifs is 3. The van der Waals surface area contributed by atoms with E-state index in [1.165, 1.54) is 97.0 Å². The highest BCUT2D eigenvalue weighted by atomic mass is 32.2. The SMILES string of the molecule is c1cc2c3c(cccc3c1)-c1cc(-c3ccc4cc(-c5ccc6ccc7cccc8ccc5c6c78)ccc4c3)ccc1S2. The van der Waals surface area contributed by atoms with Crippen LogP contribution >= 0.6 is 11.8 Å². The van der Waals surface area contributed by atoms with Crippen molar-refractivity contribution >= 4 is 65.6 Å². The van der Waals surface area contributed by atoms with Crippen LogP contribution in [0.1, 0.15) is 0 Å². The molecule has 9 aromatic rings. The third-order valence-electron chi connectivity index (χ3n) is 9.37. The lowest BCUT2D eigenvalue weighted by atomic mass is 9.89. The Morgan fingerprint density at radius 3 is 1.72 bits per heavy atom. The van der Waals surface area contributed by atoms with Crippen LogP contribution in [0, 0.1) is 0 Å². The predicted octanol–water partition coefficient (Wildman–Crippen LogP) is 12.4. The van der Waals surface area contributed by atoms with Gasteiger partial charge in [0.2, 0.25) is 0 Å². The summed E-state index contributed by atoms with van der Waals surface area (Å²) >= 11 is 1.88. The molecule has 0 spiro atoms. The molecule has 0 fully saturated rings. The van der Waals surface area contributed by atoms with E-state index in [2.05, 4.69) is 146 Å². The van der Waals surface area contributed by atoms with Crippen LogP contribution in [0.5, 0.6) is 0 Å². The van der Waals surface area contributed by atoms with Gasteiger partial charge in [0.25, 0.3) is 0 Å². The number of rotatable bonds is 2. The molecule has 1 heterocycles. The highest BCUT2D eigenvalue weighted by Gasteiger charge is 2.19. The van der Waals surface area contributed by atoms with Crippen LogP contribution in [0.15, 0.2) is 155 Å². The Morgan fingerprint density at radius 1 is 0.302 bits per heavy atom. The second kappa shape index (κ2) is 8.70. The van der Waals surface area contributed by atoms with Gasteiger partial charge in [0.1, 0.15) is 0 Å². The van der Waals surface area contributed by atoms with Crippen molar-refractivity contribution in [3.8, 4) is 33.4 Å². The maximum atomic E-state index is 2.38. The van der Waals surface area contributed by atoms with Gasteiger partial charge in [-0.1, -0.05) is 127 Å². The lowest BCUT2D eigenvalue weighted by molar-refractivity contribution is 1.40. The lowest BCUT2D eigenvalue weighted by Gasteiger charge is -2.21. The maximum absolute atomic E-state index is 2.38. The highest BCUT2D eigenvalue weighted by Crippen LogP contribution is 2.49. The average Bonchev–Trinajstić information content (AvgIpc) is 3.07. The minimum atomic E-state index is 1.25. The maximum Gasteiger partial charge on any atom is 0.0207 e. The zero-order valence-corrected chi connectivity index (χ0v) is 24.1. The standard InChI is InChI=1S/C42H24S/c1-4-26-10-11-28-16-19-34(36-20-17-27(5-1)40(26)42(28)36)33-15-14-29-22-30(12-13-31(29)23-33)32-18-21-38-37(24-32)35-8-2-6-25-7-3-9-39(43-38)41(25)35/h1-24H. The van der Waals surface area contributed by atoms with Crippen molar-refractivity contribution in [3.05, 3.63) is 146 Å². The zero-order valence-electron chi connectivity index (χ0n) is 23.3. The van der Waals surface area contributed by atoms with Crippen molar-refractivity contribution in [2.75, 3.05) is 0 Å². The van der Waals surface area contributed by atoms with Gasteiger partial charge in [-0.3, -0.25) is 0 Å². The predicted molar refractivity (Wildman–Crippen MR) is 186 cm³/mol. The fourth-order valence-electron chi connectivity index (χ4n) is 7.32. The van der Waals surface area contributed by atoms with Crippen LogP contribution in [0.3, 0.4) is 0 Å². The molecule has 1 aliphatic rings. The van der Waals surface area contributed by atoms with E-state index in [4.69, 9.17) is 0 Å². The zero-order chi connectivity index (χ0) is 28.1. The fraction of sp³-hybridized carbons (Fsp3) is 0. The molecule has 1 heteroatoms. The Hall–Kier alpha value is -5.11. The molecule has 0 radical (unpaired) electrons. The van der Waals surface area contributed by atoms with E-state index in [-0.39, 0.29) is 0 Å². The molecule has 0 aliphatic carbocycles. The van der Waals surface area contributed by atoms with Crippen LogP contribution in [0.25, 0.3) is 87.2 Å². The van der Waals surface area contributed by atoms with E-state index in [0.29, 0.717) is 0 Å². The van der Waals surface area contributed by atoms with E-state index in [1.54, 1.807) is 0 Å². The molecule has 1 aliphatic heterocycles. The largest absolute Gasteiger partial charge is 0.0888 e. The third-order valence-corrected chi connectivity index (χ3v) is 10.5. The Kier molecular flexibility index (Phi) is 4.75. The molecule has 0 N–H and O–H groups in total. The van der Waals surface area contributed by atoms with Gasteiger partial charge < -0.3 is 0 Å². The first-order valence-corrected chi connectivity index (χ1v) is 15.7. The van der Waals surface area contributed by atoms with Crippen molar-refractivity contribution in [3.63, 3.8) is 0 Å². The van der Waals surface area contributed by atoms with Gasteiger partial charge in [-0.25, -0.2) is 0 Å². The summed E-state index contributed by atoms with van der Waals surface area (Å²) in [4.78, 5) is 2.67. The van der Waals surface area contributed by atoms with Crippen molar-refractivity contribution in [1.29, 1.82) is 0 Å². The summed E-state index contributed by atoms with van der Waals surface area (Å²) in [6, 6.07) is 54.4. The van der Waals surface area contributed by atoms with Crippen molar-refractivity contribution in [1.82, 2.24) is 0 Å². The first-order valence-electron chi connectivity index (χ1n) is 14.8. The normalized spacial score (nSPS) is 12.6. The minimum absolute atomic E-state index is 1.25. The van der Waals surface area contributed by atoms with Crippen LogP contribution < -0.4 is 0 Å². The summed E-state index contributed by atoms with van der Waals surface area (Å²) in [7, 11) is 0. The van der Waals surface area contributed by atoms with E-state index in [9.17, 15) is 0 Å². The first-order chi connectivity index (χ1) is 21.3. The minimum Gasteiger partial charge on any atom is -0.0888 e. The number of hydrogen-bond donors (Lipinski definition) is 0. The topological polar surface area (TPSA) is 0 Å². The molecule has 10 rings (SSSR count). The molecular weight excluding hydrogens is 537 g/mol. The molecule has 0 saturated heterocycles. The van der Waals surface area contributed by atoms with Crippen LogP contribution in [0.4, 0.5) is 0 Å². The molecule has 0 unspecified atom stereocenters. The first kappa shape index (κ1) is 23.5. The molecule has 0 nitrogen and oxygen atoms in total. The highest BCUT2D eigenvalue weighted by molar-refractivity contribution is 7.99. The lowest BCUT2D eigenvalue weighted by Crippen LogP contribution is -1.93. The second-order valence-corrected chi connectivity index (χ2v) is 12.8. The summed E-state index contributed by atoms with van der Waals surface area (Å²) in [5.74, 6) is 0. The quantitative estimate of drug-likeness (QED) is 0.190. The average molecular weight is 561 g/mol. The molecule has 43 heavy (non-hydrogen) atoms. The summed E-state index contributed by atoms with van der Waals surface area (Å²) in [5.41, 5.74) is 7.73. The molecular formula is C42H24S. The van der Waals surface area contributed by atoms with Gasteiger partial charge in [0.05, 0.1) is 0 Å². The van der Waals surface area contributed by atoms with Crippen molar-refractivity contribution < 1.29 is 0 Å². The van der Waals surface area contributed by atoms with E-state index < -0.39 is 0 Å². The van der Waals surface area contributed by atoms with Crippen LogP contribution in [0.2, 0.25) is 0 Å². The summed E-state index contributed by atoms with van der Waals surface area (Å²) in [5, 5.41) is 13.2. The Morgan fingerprint density at radius 2 is 0.884 bits per heavy atom. The third kappa shape index (κ3) is 3.40. The van der Waals surface area contributed by atoms with E-state index >= 15 is 0 Å². The Labute approximate surface area is 253 Å². The van der Waals surface area contributed by atoms with Crippen LogP contribution in [-0.4, -0.2) is 0 Å². The van der Waals surface area contributed by atoms with Gasteiger partial charge in [0.15, 0.2) is 0 Å². The van der Waals surface area contributed by atoms with Gasteiger partial charge in [-0.2, -0.15) is 0 Å². The van der Waals surface area contributed by atoms with Crippen LogP contribution in [-0.2, 0) is 0 Å².